The summed E-state index contributed by atoms with van der Waals surface area (Å²) in [6.07, 6.45) is 10.3. The Bertz CT molecular complexity index is 220. The summed E-state index contributed by atoms with van der Waals surface area (Å²) in [5.74, 6) is 1.21. The summed E-state index contributed by atoms with van der Waals surface area (Å²) in [6, 6.07) is 0. The van der Waals surface area contributed by atoms with Gasteiger partial charge in [0.2, 0.25) is 0 Å². The van der Waals surface area contributed by atoms with Crippen LogP contribution in [0.2, 0.25) is 0 Å². The van der Waals surface area contributed by atoms with Crippen molar-refractivity contribution in [1.29, 1.82) is 0 Å². The van der Waals surface area contributed by atoms with Gasteiger partial charge in [-0.15, -0.1) is 12.4 Å². The van der Waals surface area contributed by atoms with Crippen molar-refractivity contribution in [2.75, 3.05) is 0 Å². The smallest absolute Gasteiger partial charge is 0.108 e. The van der Waals surface area contributed by atoms with Gasteiger partial charge < -0.3 is 4.57 Å². The lowest BCUT2D eigenvalue weighted by molar-refractivity contribution is 0.639. The standard InChI is InChI=1S/C10H18N2.ClH/c1-3-4-5-6-7-10-11-8-9-12(10)2;/h8-9H,3-7H2,1-2H3;1H. The Hall–Kier alpha value is -0.500. The first-order valence-electron chi connectivity index (χ1n) is 4.80. The van der Waals surface area contributed by atoms with E-state index in [0.717, 1.165) is 6.42 Å². The minimum atomic E-state index is 0. The number of nitrogens with zero attached hydrogens (tertiary/aromatic N) is 2. The van der Waals surface area contributed by atoms with E-state index in [9.17, 15) is 0 Å². The molecule has 0 atom stereocenters. The summed E-state index contributed by atoms with van der Waals surface area (Å²) >= 11 is 0. The molecule has 0 aliphatic carbocycles. The molecule has 2 nitrogen and oxygen atoms in total. The van der Waals surface area contributed by atoms with Crippen LogP contribution in [0.4, 0.5) is 0 Å². The van der Waals surface area contributed by atoms with Gasteiger partial charge in [-0.1, -0.05) is 26.2 Å². The minimum Gasteiger partial charge on any atom is -0.338 e. The summed E-state index contributed by atoms with van der Waals surface area (Å²) in [5, 5.41) is 0. The van der Waals surface area contributed by atoms with Crippen LogP contribution in [-0.2, 0) is 13.5 Å². The van der Waals surface area contributed by atoms with Crippen molar-refractivity contribution in [2.45, 2.75) is 39.0 Å². The molecule has 0 aliphatic rings. The fourth-order valence-electron chi connectivity index (χ4n) is 1.35. The fourth-order valence-corrected chi connectivity index (χ4v) is 1.35. The molecule has 76 valence electrons. The van der Waals surface area contributed by atoms with E-state index in [1.807, 2.05) is 12.4 Å². The lowest BCUT2D eigenvalue weighted by Crippen LogP contribution is -1.96. The molecular weight excluding hydrogens is 184 g/mol. The van der Waals surface area contributed by atoms with E-state index in [4.69, 9.17) is 0 Å². The Kier molecular flexibility index (Phi) is 6.69. The van der Waals surface area contributed by atoms with Gasteiger partial charge in [0, 0.05) is 25.9 Å². The van der Waals surface area contributed by atoms with Crippen LogP contribution in [0.5, 0.6) is 0 Å². The summed E-state index contributed by atoms with van der Waals surface area (Å²) in [5.41, 5.74) is 0. The molecule has 0 fully saturated rings. The highest BCUT2D eigenvalue weighted by atomic mass is 35.5. The van der Waals surface area contributed by atoms with Crippen LogP contribution in [0.3, 0.4) is 0 Å². The zero-order chi connectivity index (χ0) is 8.81. The number of unbranched alkanes of at least 4 members (excludes halogenated alkanes) is 3. The van der Waals surface area contributed by atoms with Crippen molar-refractivity contribution in [2.24, 2.45) is 7.05 Å². The van der Waals surface area contributed by atoms with Crippen molar-refractivity contribution in [3.63, 3.8) is 0 Å². The van der Waals surface area contributed by atoms with E-state index < -0.39 is 0 Å². The van der Waals surface area contributed by atoms with Crippen molar-refractivity contribution in [3.05, 3.63) is 18.2 Å². The van der Waals surface area contributed by atoms with Gasteiger partial charge in [0.25, 0.3) is 0 Å². The number of aryl methyl sites for hydroxylation is 2. The SMILES string of the molecule is CCCCCCc1nccn1C.Cl. The van der Waals surface area contributed by atoms with Crippen molar-refractivity contribution >= 4 is 12.4 Å². The maximum atomic E-state index is 4.28. The molecule has 0 N–H and O–H groups in total. The zero-order valence-electron chi connectivity index (χ0n) is 8.49. The fraction of sp³-hybridized carbons (Fsp3) is 0.700. The van der Waals surface area contributed by atoms with Gasteiger partial charge in [0.05, 0.1) is 0 Å². The third-order valence-corrected chi connectivity index (χ3v) is 2.17. The molecular formula is C10H19ClN2. The molecule has 0 aromatic carbocycles. The van der Waals surface area contributed by atoms with Crippen molar-refractivity contribution in [1.82, 2.24) is 9.55 Å². The van der Waals surface area contributed by atoms with Gasteiger partial charge in [0.1, 0.15) is 5.82 Å². The van der Waals surface area contributed by atoms with Gasteiger partial charge >= 0.3 is 0 Å². The first-order valence-corrected chi connectivity index (χ1v) is 4.80. The predicted molar refractivity (Wildman–Crippen MR) is 58.3 cm³/mol. The van der Waals surface area contributed by atoms with Crippen molar-refractivity contribution in [3.8, 4) is 0 Å². The molecule has 1 aromatic rings. The maximum absolute atomic E-state index is 4.28. The second kappa shape index (κ2) is 6.96. The van der Waals surface area contributed by atoms with E-state index >= 15 is 0 Å². The van der Waals surface area contributed by atoms with Crippen LogP contribution >= 0.6 is 12.4 Å². The van der Waals surface area contributed by atoms with E-state index in [1.54, 1.807) is 0 Å². The number of rotatable bonds is 5. The van der Waals surface area contributed by atoms with Crippen LogP contribution in [0, 0.1) is 0 Å². The molecule has 0 spiro atoms. The molecule has 1 heterocycles. The lowest BCUT2D eigenvalue weighted by atomic mass is 10.1. The molecule has 0 amide bonds. The average Bonchev–Trinajstić information content (AvgIpc) is 2.46. The quantitative estimate of drug-likeness (QED) is 0.672. The highest BCUT2D eigenvalue weighted by Gasteiger charge is 1.97. The second-order valence-electron chi connectivity index (χ2n) is 3.27. The zero-order valence-corrected chi connectivity index (χ0v) is 9.31. The Morgan fingerprint density at radius 1 is 1.31 bits per heavy atom. The van der Waals surface area contributed by atoms with Crippen LogP contribution in [0.15, 0.2) is 12.4 Å². The Balaban J connectivity index is 0.00000144. The van der Waals surface area contributed by atoms with Gasteiger partial charge in [-0.3, -0.25) is 0 Å². The van der Waals surface area contributed by atoms with Crippen LogP contribution in [-0.4, -0.2) is 9.55 Å². The lowest BCUT2D eigenvalue weighted by Gasteiger charge is -2.00. The first kappa shape index (κ1) is 12.5. The number of imidazole rings is 1. The van der Waals surface area contributed by atoms with Crippen LogP contribution < -0.4 is 0 Å². The second-order valence-corrected chi connectivity index (χ2v) is 3.27. The van der Waals surface area contributed by atoms with Gasteiger partial charge in [0.15, 0.2) is 0 Å². The predicted octanol–water partition coefficient (Wildman–Crippen LogP) is 2.96. The van der Waals surface area contributed by atoms with Gasteiger partial charge in [-0.2, -0.15) is 0 Å². The number of aromatic nitrogens is 2. The van der Waals surface area contributed by atoms with Crippen LogP contribution in [0.1, 0.15) is 38.4 Å². The van der Waals surface area contributed by atoms with E-state index in [-0.39, 0.29) is 12.4 Å². The molecule has 0 radical (unpaired) electrons. The summed E-state index contributed by atoms with van der Waals surface area (Å²) in [6.45, 7) is 2.24. The van der Waals surface area contributed by atoms with Crippen molar-refractivity contribution < 1.29 is 0 Å². The Morgan fingerprint density at radius 2 is 2.08 bits per heavy atom. The molecule has 0 bridgehead atoms. The highest BCUT2D eigenvalue weighted by Crippen LogP contribution is 2.04. The van der Waals surface area contributed by atoms with Gasteiger partial charge in [-0.05, 0) is 6.42 Å². The number of halogens is 1. The first-order chi connectivity index (χ1) is 5.84. The number of hydrogen-bond donors (Lipinski definition) is 0. The minimum absolute atomic E-state index is 0. The summed E-state index contributed by atoms with van der Waals surface area (Å²) < 4.78 is 2.10. The summed E-state index contributed by atoms with van der Waals surface area (Å²) in [7, 11) is 2.06. The Labute approximate surface area is 86.8 Å². The summed E-state index contributed by atoms with van der Waals surface area (Å²) in [4.78, 5) is 4.28. The van der Waals surface area contributed by atoms with E-state index in [2.05, 4.69) is 23.5 Å². The topological polar surface area (TPSA) is 17.8 Å². The third kappa shape index (κ3) is 4.32. The molecule has 13 heavy (non-hydrogen) atoms. The molecule has 0 aliphatic heterocycles. The maximum Gasteiger partial charge on any atom is 0.108 e. The molecule has 1 aromatic heterocycles. The third-order valence-electron chi connectivity index (χ3n) is 2.17. The molecule has 1 rings (SSSR count). The molecule has 3 heteroatoms. The highest BCUT2D eigenvalue weighted by molar-refractivity contribution is 5.85. The van der Waals surface area contributed by atoms with E-state index in [0.29, 0.717) is 0 Å². The normalized spacial score (nSPS) is 9.69. The molecule has 0 saturated heterocycles. The average molecular weight is 203 g/mol. The monoisotopic (exact) mass is 202 g/mol. The van der Waals surface area contributed by atoms with E-state index in [1.165, 1.54) is 31.5 Å². The van der Waals surface area contributed by atoms with Crippen LogP contribution in [0.25, 0.3) is 0 Å². The molecule has 0 unspecified atom stereocenters. The Morgan fingerprint density at radius 3 is 2.62 bits per heavy atom. The molecule has 0 saturated carbocycles. The number of hydrogen-bond acceptors (Lipinski definition) is 1. The van der Waals surface area contributed by atoms with Gasteiger partial charge in [-0.25, -0.2) is 4.98 Å². The largest absolute Gasteiger partial charge is 0.338 e.